The summed E-state index contributed by atoms with van der Waals surface area (Å²) in [5.41, 5.74) is 6.67. The molecule has 51 heavy (non-hydrogen) atoms. The van der Waals surface area contributed by atoms with Gasteiger partial charge in [-0.15, -0.1) is 0 Å². The number of para-hydroxylation sites is 1. The Bertz CT molecular complexity index is 1890. The second-order valence-corrected chi connectivity index (χ2v) is 11.7. The number of carbonyl (C=O) groups is 3. The van der Waals surface area contributed by atoms with Crippen molar-refractivity contribution in [3.05, 3.63) is 83.2 Å². The third-order valence-electron chi connectivity index (χ3n) is 6.99. The van der Waals surface area contributed by atoms with Crippen molar-refractivity contribution in [1.82, 2.24) is 9.55 Å². The zero-order valence-electron chi connectivity index (χ0n) is 27.6. The Morgan fingerprint density at radius 1 is 0.902 bits per heavy atom. The third-order valence-corrected chi connectivity index (χ3v) is 6.99. The predicted octanol–water partition coefficient (Wildman–Crippen LogP) is 7.89. The van der Waals surface area contributed by atoms with Gasteiger partial charge in [-0.25, -0.2) is 24.4 Å². The quantitative estimate of drug-likeness (QED) is 0.0978. The molecule has 2 heterocycles. The molecule has 1 aromatic heterocycles. The minimum absolute atomic E-state index is 0.221. The van der Waals surface area contributed by atoms with Crippen LogP contribution in [0, 0.1) is 6.92 Å². The van der Waals surface area contributed by atoms with E-state index in [2.05, 4.69) is 56.5 Å². The minimum Gasteiger partial charge on any atom is -0.475 e. The molecule has 17 heteroatoms. The molecule has 5 rings (SSSR count). The van der Waals surface area contributed by atoms with Crippen molar-refractivity contribution in [2.45, 2.75) is 65.0 Å². The van der Waals surface area contributed by atoms with Gasteiger partial charge in [-0.1, -0.05) is 49.4 Å². The SMILES string of the molecule is CCCc1nc2c(C)cc(C3=NC(C)(C)CO3)cc2n1Cc1ccc(-c2ccccc2OC(=O)O)cc1.O=C(O)C(F)(F)F.O=C(O)C(F)(F)F. The lowest BCUT2D eigenvalue weighted by Crippen LogP contribution is -2.21. The molecule has 0 bridgehead atoms. The van der Waals surface area contributed by atoms with E-state index in [-0.39, 0.29) is 5.54 Å². The normalized spacial score (nSPS) is 13.6. The Kier molecular flexibility index (Phi) is 12.5. The number of benzene rings is 3. The van der Waals surface area contributed by atoms with E-state index >= 15 is 0 Å². The number of aliphatic imine (C=N–C) groups is 1. The first-order valence-electron chi connectivity index (χ1n) is 15.0. The number of imidazole rings is 1. The Hall–Kier alpha value is -5.61. The van der Waals surface area contributed by atoms with E-state index in [1.54, 1.807) is 12.1 Å². The largest absolute Gasteiger partial charge is 0.511 e. The number of halogens is 6. The molecule has 274 valence electrons. The van der Waals surface area contributed by atoms with Crippen LogP contribution in [0.4, 0.5) is 31.1 Å². The van der Waals surface area contributed by atoms with E-state index in [0.29, 0.717) is 24.8 Å². The molecule has 4 aromatic rings. The molecule has 0 amide bonds. The lowest BCUT2D eigenvalue weighted by atomic mass is 10.0. The van der Waals surface area contributed by atoms with E-state index in [1.165, 1.54) is 0 Å². The highest BCUT2D eigenvalue weighted by atomic mass is 19.4. The van der Waals surface area contributed by atoms with E-state index in [9.17, 15) is 31.1 Å². The fourth-order valence-electron chi connectivity index (χ4n) is 4.75. The number of carboxylic acid groups (broad SMARTS) is 3. The van der Waals surface area contributed by atoms with Crippen LogP contribution in [0.1, 0.15) is 49.7 Å². The average molecular weight is 726 g/mol. The van der Waals surface area contributed by atoms with Crippen LogP contribution < -0.4 is 4.74 Å². The van der Waals surface area contributed by atoms with Crippen LogP contribution in [0.25, 0.3) is 22.2 Å². The highest BCUT2D eigenvalue weighted by molar-refractivity contribution is 5.99. The van der Waals surface area contributed by atoms with E-state index in [1.807, 2.05) is 24.3 Å². The lowest BCUT2D eigenvalue weighted by molar-refractivity contribution is -0.193. The number of aromatic nitrogens is 2. The standard InChI is InChI=1S/C30H31N3O4.2C2HF3O2/c1-5-8-26-31-27-19(2)15-22(28-32-30(3,4)18-36-28)16-24(27)33(26)17-20-11-13-21(14-12-20)23-9-6-7-10-25(23)37-29(34)35;2*3-2(4,5)1(6)7/h6-7,9-16H,5,8,17-18H2,1-4H3,(H,34,35);2*(H,6,7). The van der Waals surface area contributed by atoms with E-state index in [0.717, 1.165) is 57.5 Å². The fourth-order valence-corrected chi connectivity index (χ4v) is 4.75. The van der Waals surface area contributed by atoms with Gasteiger partial charge in [0.15, 0.2) is 0 Å². The summed E-state index contributed by atoms with van der Waals surface area (Å²) >= 11 is 0. The van der Waals surface area contributed by atoms with Crippen LogP contribution >= 0.6 is 0 Å². The first kappa shape index (κ1) is 39.8. The van der Waals surface area contributed by atoms with Crippen LogP contribution in [0.3, 0.4) is 0 Å². The predicted molar refractivity (Wildman–Crippen MR) is 172 cm³/mol. The zero-order chi connectivity index (χ0) is 38.3. The Morgan fingerprint density at radius 3 is 1.96 bits per heavy atom. The maximum atomic E-state index is 11.1. The minimum atomic E-state index is -5.08. The second-order valence-electron chi connectivity index (χ2n) is 11.7. The molecule has 1 aliphatic rings. The first-order valence-corrected chi connectivity index (χ1v) is 15.0. The van der Waals surface area contributed by atoms with Gasteiger partial charge in [0.2, 0.25) is 5.90 Å². The molecule has 0 saturated heterocycles. The number of aryl methyl sites for hydroxylation is 2. The van der Waals surface area contributed by atoms with Gasteiger partial charge in [0, 0.05) is 24.1 Å². The molecule has 0 radical (unpaired) electrons. The van der Waals surface area contributed by atoms with Crippen molar-refractivity contribution >= 4 is 35.0 Å². The van der Waals surface area contributed by atoms with Crippen molar-refractivity contribution in [3.63, 3.8) is 0 Å². The van der Waals surface area contributed by atoms with Gasteiger partial charge < -0.3 is 29.4 Å². The molecule has 0 spiro atoms. The summed E-state index contributed by atoms with van der Waals surface area (Å²) in [4.78, 5) is 38.7. The maximum Gasteiger partial charge on any atom is 0.511 e. The third kappa shape index (κ3) is 10.9. The van der Waals surface area contributed by atoms with Crippen molar-refractivity contribution in [2.75, 3.05) is 6.61 Å². The van der Waals surface area contributed by atoms with Gasteiger partial charge in [-0.2, -0.15) is 26.3 Å². The van der Waals surface area contributed by atoms with Gasteiger partial charge in [-0.3, -0.25) is 0 Å². The Labute approximate surface area is 286 Å². The molecule has 0 unspecified atom stereocenters. The molecule has 0 atom stereocenters. The number of fused-ring (bicyclic) bond motifs is 1. The molecule has 0 saturated carbocycles. The number of hydrogen-bond acceptors (Lipinski definition) is 7. The van der Waals surface area contributed by atoms with Gasteiger partial charge >= 0.3 is 30.4 Å². The second kappa shape index (κ2) is 15.9. The van der Waals surface area contributed by atoms with Gasteiger partial charge in [0.1, 0.15) is 18.2 Å². The van der Waals surface area contributed by atoms with Crippen molar-refractivity contribution in [3.8, 4) is 16.9 Å². The molecule has 11 nitrogen and oxygen atoms in total. The topological polar surface area (TPSA) is 161 Å². The molecular formula is C34H33F6N3O8. The number of carboxylic acids is 2. The monoisotopic (exact) mass is 725 g/mol. The van der Waals surface area contributed by atoms with Crippen molar-refractivity contribution in [2.24, 2.45) is 4.99 Å². The van der Waals surface area contributed by atoms with Gasteiger partial charge in [0.25, 0.3) is 0 Å². The summed E-state index contributed by atoms with van der Waals surface area (Å²) in [6.45, 7) is 9.64. The number of ether oxygens (including phenoxy) is 2. The average Bonchev–Trinajstić information content (AvgIpc) is 3.57. The number of hydrogen-bond donors (Lipinski definition) is 3. The van der Waals surface area contributed by atoms with Crippen molar-refractivity contribution < 1.29 is 65.5 Å². The molecule has 0 fully saturated rings. The van der Waals surface area contributed by atoms with E-state index in [4.69, 9.17) is 44.4 Å². The number of aliphatic carboxylic acids is 2. The van der Waals surface area contributed by atoms with E-state index < -0.39 is 30.4 Å². The zero-order valence-corrected chi connectivity index (χ0v) is 27.6. The number of rotatable bonds is 7. The molecule has 3 aromatic carbocycles. The molecule has 0 aliphatic carbocycles. The molecule has 1 aliphatic heterocycles. The van der Waals surface area contributed by atoms with Gasteiger partial charge in [0.05, 0.1) is 16.6 Å². The highest BCUT2D eigenvalue weighted by Gasteiger charge is 2.39. The number of nitrogens with zero attached hydrogens (tertiary/aromatic N) is 3. The van der Waals surface area contributed by atoms with Crippen LogP contribution in [-0.2, 0) is 27.3 Å². The van der Waals surface area contributed by atoms with Crippen molar-refractivity contribution in [1.29, 1.82) is 0 Å². The summed E-state index contributed by atoms with van der Waals surface area (Å²) in [6, 6.07) is 19.5. The summed E-state index contributed by atoms with van der Waals surface area (Å²) in [6.07, 6.45) is -9.61. The molecular weight excluding hydrogens is 692 g/mol. The highest BCUT2D eigenvalue weighted by Crippen LogP contribution is 2.31. The van der Waals surface area contributed by atoms with Gasteiger partial charge in [-0.05, 0) is 62.1 Å². The fraction of sp³-hybridized carbons (Fsp3) is 0.324. The smallest absolute Gasteiger partial charge is 0.475 e. The Morgan fingerprint density at radius 2 is 1.47 bits per heavy atom. The Balaban J connectivity index is 0.000000424. The van der Waals surface area contributed by atoms with Crippen LogP contribution in [0.5, 0.6) is 5.75 Å². The first-order chi connectivity index (χ1) is 23.6. The maximum absolute atomic E-state index is 11.1. The van der Waals surface area contributed by atoms with Crippen LogP contribution in [-0.4, -0.2) is 73.4 Å². The van der Waals surface area contributed by atoms with Crippen LogP contribution in [0.15, 0.2) is 65.7 Å². The molecule has 3 N–H and O–H groups in total. The summed E-state index contributed by atoms with van der Waals surface area (Å²) in [7, 11) is 0. The summed E-state index contributed by atoms with van der Waals surface area (Å²) in [5, 5.41) is 23.3. The number of alkyl halides is 6. The lowest BCUT2D eigenvalue weighted by Gasteiger charge is -2.12. The summed E-state index contributed by atoms with van der Waals surface area (Å²) < 4.78 is 76.7. The van der Waals surface area contributed by atoms with Crippen LogP contribution in [0.2, 0.25) is 0 Å². The summed E-state index contributed by atoms with van der Waals surface area (Å²) in [5.74, 6) is -3.46.